The highest BCUT2D eigenvalue weighted by atomic mass is 16.5. The fourth-order valence-electron chi connectivity index (χ4n) is 3.39. The summed E-state index contributed by atoms with van der Waals surface area (Å²) < 4.78 is 11.1. The molecule has 1 atom stereocenters. The van der Waals surface area contributed by atoms with E-state index in [1.165, 1.54) is 0 Å². The van der Waals surface area contributed by atoms with Crippen LogP contribution in [0.2, 0.25) is 0 Å². The summed E-state index contributed by atoms with van der Waals surface area (Å²) in [5, 5.41) is 4.10. The van der Waals surface area contributed by atoms with Crippen LogP contribution in [-0.2, 0) is 4.79 Å². The Morgan fingerprint density at radius 2 is 1.96 bits per heavy atom. The summed E-state index contributed by atoms with van der Waals surface area (Å²) in [6.07, 6.45) is 0.496. The molecule has 0 aliphatic carbocycles. The van der Waals surface area contributed by atoms with Crippen molar-refractivity contribution in [2.24, 2.45) is 0 Å². The normalized spacial score (nSPS) is 16.8. The molecule has 2 heterocycles. The summed E-state index contributed by atoms with van der Waals surface area (Å²) in [6.45, 7) is 6.54. The van der Waals surface area contributed by atoms with E-state index in [0.29, 0.717) is 24.7 Å². The average molecular weight is 377 g/mol. The van der Waals surface area contributed by atoms with Crippen LogP contribution in [0.15, 0.2) is 53.1 Å². The Bertz CT molecular complexity index is 979. The lowest BCUT2D eigenvalue weighted by Gasteiger charge is -2.16. The Hall–Kier alpha value is -3.15. The third kappa shape index (κ3) is 3.76. The van der Waals surface area contributed by atoms with Gasteiger partial charge in [0, 0.05) is 24.2 Å². The molecule has 0 N–H and O–H groups in total. The summed E-state index contributed by atoms with van der Waals surface area (Å²) in [7, 11) is 0. The smallest absolute Gasteiger partial charge is 0.232 e. The van der Waals surface area contributed by atoms with E-state index in [2.05, 4.69) is 10.1 Å². The SMILES string of the molecule is Cc1cccc(N2CC(c3nc(-c4ccc(OC(C)C)cc4)no3)CC2=O)c1. The molecule has 1 saturated heterocycles. The summed E-state index contributed by atoms with van der Waals surface area (Å²) in [5.41, 5.74) is 2.89. The van der Waals surface area contributed by atoms with E-state index in [4.69, 9.17) is 9.26 Å². The molecule has 6 heteroatoms. The lowest BCUT2D eigenvalue weighted by atomic mass is 10.1. The molecule has 28 heavy (non-hydrogen) atoms. The van der Waals surface area contributed by atoms with Gasteiger partial charge in [0.25, 0.3) is 0 Å². The van der Waals surface area contributed by atoms with Gasteiger partial charge in [0.05, 0.1) is 12.0 Å². The molecule has 0 radical (unpaired) electrons. The Balaban J connectivity index is 1.49. The number of nitrogens with zero attached hydrogens (tertiary/aromatic N) is 3. The number of ether oxygens (including phenoxy) is 1. The quantitative estimate of drug-likeness (QED) is 0.661. The van der Waals surface area contributed by atoms with E-state index >= 15 is 0 Å². The van der Waals surface area contributed by atoms with E-state index < -0.39 is 0 Å². The van der Waals surface area contributed by atoms with E-state index in [1.54, 1.807) is 4.90 Å². The number of anilines is 1. The van der Waals surface area contributed by atoms with Crippen molar-refractivity contribution >= 4 is 11.6 Å². The first-order valence-corrected chi connectivity index (χ1v) is 9.47. The van der Waals surface area contributed by atoms with Crippen LogP contribution < -0.4 is 9.64 Å². The van der Waals surface area contributed by atoms with E-state index in [1.807, 2.05) is 69.3 Å². The van der Waals surface area contributed by atoms with Gasteiger partial charge in [-0.1, -0.05) is 17.3 Å². The Kier molecular flexibility index (Phi) is 4.86. The minimum atomic E-state index is -0.0993. The van der Waals surface area contributed by atoms with Crippen molar-refractivity contribution in [2.75, 3.05) is 11.4 Å². The van der Waals surface area contributed by atoms with Crippen LogP contribution in [-0.4, -0.2) is 28.7 Å². The second-order valence-corrected chi connectivity index (χ2v) is 7.39. The number of carbonyl (C=O) groups excluding carboxylic acids is 1. The van der Waals surface area contributed by atoms with Crippen LogP contribution in [0.3, 0.4) is 0 Å². The molecule has 1 fully saturated rings. The monoisotopic (exact) mass is 377 g/mol. The van der Waals surface area contributed by atoms with Crippen LogP contribution >= 0.6 is 0 Å². The summed E-state index contributed by atoms with van der Waals surface area (Å²) in [4.78, 5) is 18.8. The summed E-state index contributed by atoms with van der Waals surface area (Å²) in [6, 6.07) is 15.5. The summed E-state index contributed by atoms with van der Waals surface area (Å²) >= 11 is 0. The maximum absolute atomic E-state index is 12.5. The van der Waals surface area contributed by atoms with Crippen LogP contribution in [0.5, 0.6) is 5.75 Å². The van der Waals surface area contributed by atoms with Crippen LogP contribution in [0, 0.1) is 6.92 Å². The molecule has 0 saturated carbocycles. The molecular formula is C22H23N3O3. The highest BCUT2D eigenvalue weighted by Crippen LogP contribution is 2.32. The number of benzene rings is 2. The molecule has 3 aromatic rings. The van der Waals surface area contributed by atoms with E-state index in [9.17, 15) is 4.79 Å². The van der Waals surface area contributed by atoms with Crippen LogP contribution in [0.1, 0.15) is 37.6 Å². The Labute approximate surface area is 164 Å². The molecule has 4 rings (SSSR count). The zero-order chi connectivity index (χ0) is 19.7. The molecule has 1 unspecified atom stereocenters. The molecule has 1 amide bonds. The lowest BCUT2D eigenvalue weighted by Crippen LogP contribution is -2.24. The van der Waals surface area contributed by atoms with Gasteiger partial charge >= 0.3 is 0 Å². The van der Waals surface area contributed by atoms with Gasteiger partial charge < -0.3 is 14.2 Å². The first-order chi connectivity index (χ1) is 13.5. The first-order valence-electron chi connectivity index (χ1n) is 9.47. The van der Waals surface area contributed by atoms with Crippen molar-refractivity contribution in [2.45, 2.75) is 39.2 Å². The molecule has 0 bridgehead atoms. The maximum Gasteiger partial charge on any atom is 0.232 e. The maximum atomic E-state index is 12.5. The predicted molar refractivity (Wildman–Crippen MR) is 106 cm³/mol. The van der Waals surface area contributed by atoms with Gasteiger partial charge in [-0.25, -0.2) is 0 Å². The largest absolute Gasteiger partial charge is 0.491 e. The average Bonchev–Trinajstić information content (AvgIpc) is 3.29. The van der Waals surface area contributed by atoms with Crippen molar-refractivity contribution in [3.05, 3.63) is 60.0 Å². The molecule has 1 aliphatic rings. The summed E-state index contributed by atoms with van der Waals surface area (Å²) in [5.74, 6) is 1.80. The lowest BCUT2D eigenvalue weighted by molar-refractivity contribution is -0.117. The van der Waals surface area contributed by atoms with Crippen molar-refractivity contribution < 1.29 is 14.1 Å². The third-order valence-corrected chi connectivity index (χ3v) is 4.71. The van der Waals surface area contributed by atoms with E-state index in [0.717, 1.165) is 22.6 Å². The van der Waals surface area contributed by atoms with Crippen molar-refractivity contribution in [3.63, 3.8) is 0 Å². The molecule has 2 aromatic carbocycles. The molecular weight excluding hydrogens is 354 g/mol. The Morgan fingerprint density at radius 3 is 2.68 bits per heavy atom. The van der Waals surface area contributed by atoms with Gasteiger partial charge in [0.1, 0.15) is 5.75 Å². The Morgan fingerprint density at radius 1 is 1.18 bits per heavy atom. The van der Waals surface area contributed by atoms with Gasteiger partial charge in [0.2, 0.25) is 17.6 Å². The molecule has 6 nitrogen and oxygen atoms in total. The fourth-order valence-corrected chi connectivity index (χ4v) is 3.39. The number of hydrogen-bond donors (Lipinski definition) is 0. The second kappa shape index (κ2) is 7.46. The predicted octanol–water partition coefficient (Wildman–Crippen LogP) is 4.35. The number of rotatable bonds is 5. The van der Waals surface area contributed by atoms with Gasteiger partial charge in [-0.15, -0.1) is 0 Å². The van der Waals surface area contributed by atoms with E-state index in [-0.39, 0.29) is 17.9 Å². The van der Waals surface area contributed by atoms with Gasteiger partial charge in [-0.05, 0) is 62.7 Å². The van der Waals surface area contributed by atoms with Gasteiger partial charge in [-0.3, -0.25) is 4.79 Å². The minimum Gasteiger partial charge on any atom is -0.491 e. The topological polar surface area (TPSA) is 68.5 Å². The highest BCUT2D eigenvalue weighted by Gasteiger charge is 2.35. The van der Waals surface area contributed by atoms with Crippen molar-refractivity contribution in [3.8, 4) is 17.1 Å². The van der Waals surface area contributed by atoms with Gasteiger partial charge in [-0.2, -0.15) is 4.98 Å². The number of aromatic nitrogens is 2. The first kappa shape index (κ1) is 18.2. The minimum absolute atomic E-state index is 0.0746. The number of carbonyl (C=O) groups is 1. The van der Waals surface area contributed by atoms with Crippen LogP contribution in [0.4, 0.5) is 5.69 Å². The van der Waals surface area contributed by atoms with Gasteiger partial charge in [0.15, 0.2) is 0 Å². The van der Waals surface area contributed by atoms with Crippen LogP contribution in [0.25, 0.3) is 11.4 Å². The zero-order valence-electron chi connectivity index (χ0n) is 16.3. The molecule has 0 spiro atoms. The second-order valence-electron chi connectivity index (χ2n) is 7.39. The number of hydrogen-bond acceptors (Lipinski definition) is 5. The zero-order valence-corrected chi connectivity index (χ0v) is 16.3. The standard InChI is InChI=1S/C22H23N3O3/c1-14(2)27-19-9-7-16(8-10-19)21-23-22(28-24-21)17-12-20(26)25(13-17)18-6-4-5-15(3)11-18/h4-11,14,17H,12-13H2,1-3H3. The number of aryl methyl sites for hydroxylation is 1. The van der Waals surface area contributed by atoms with Crippen molar-refractivity contribution in [1.29, 1.82) is 0 Å². The fraction of sp³-hybridized carbons (Fsp3) is 0.318. The molecule has 1 aliphatic heterocycles. The number of amides is 1. The molecule has 1 aromatic heterocycles. The molecule has 144 valence electrons. The highest BCUT2D eigenvalue weighted by molar-refractivity contribution is 5.96. The third-order valence-electron chi connectivity index (χ3n) is 4.71. The van der Waals surface area contributed by atoms with Crippen molar-refractivity contribution in [1.82, 2.24) is 10.1 Å².